The number of rotatable bonds is 1. The molecule has 1 aromatic rings. The van der Waals surface area contributed by atoms with Crippen LogP contribution < -0.4 is 0 Å². The standard InChI is InChI=1S/C10H14N2O2/c1-10(2,3)8-5-7(9(13)14-4)11-6-12-8/h5-6H,1-4H3. The first-order valence-corrected chi connectivity index (χ1v) is 4.36. The van der Waals surface area contributed by atoms with Crippen molar-refractivity contribution < 1.29 is 9.53 Å². The number of carbonyl (C=O) groups excluding carboxylic acids is 1. The highest BCUT2D eigenvalue weighted by molar-refractivity contribution is 5.87. The number of aromatic nitrogens is 2. The minimum absolute atomic E-state index is 0.0916. The number of hydrogen-bond donors (Lipinski definition) is 0. The molecule has 4 heteroatoms. The van der Waals surface area contributed by atoms with Gasteiger partial charge in [0.2, 0.25) is 0 Å². The Morgan fingerprint density at radius 1 is 1.36 bits per heavy atom. The Morgan fingerprint density at radius 2 is 2.00 bits per heavy atom. The topological polar surface area (TPSA) is 52.1 Å². The summed E-state index contributed by atoms with van der Waals surface area (Å²) in [7, 11) is 1.33. The molecule has 0 atom stereocenters. The fourth-order valence-corrected chi connectivity index (χ4v) is 0.984. The monoisotopic (exact) mass is 194 g/mol. The lowest BCUT2D eigenvalue weighted by molar-refractivity contribution is 0.0593. The van der Waals surface area contributed by atoms with Gasteiger partial charge >= 0.3 is 5.97 Å². The maximum absolute atomic E-state index is 11.2. The smallest absolute Gasteiger partial charge is 0.356 e. The normalized spacial score (nSPS) is 11.1. The van der Waals surface area contributed by atoms with E-state index in [0.29, 0.717) is 5.69 Å². The molecule has 0 aromatic carbocycles. The molecule has 14 heavy (non-hydrogen) atoms. The van der Waals surface area contributed by atoms with E-state index in [2.05, 4.69) is 14.7 Å². The SMILES string of the molecule is COC(=O)c1cc(C(C)(C)C)ncn1. The third-order valence-corrected chi connectivity index (χ3v) is 1.83. The maximum atomic E-state index is 11.2. The van der Waals surface area contributed by atoms with Crippen LogP contribution in [0.2, 0.25) is 0 Å². The first-order chi connectivity index (χ1) is 6.45. The van der Waals surface area contributed by atoms with Crippen molar-refractivity contribution in [2.45, 2.75) is 26.2 Å². The maximum Gasteiger partial charge on any atom is 0.356 e. The molecular weight excluding hydrogens is 180 g/mol. The lowest BCUT2D eigenvalue weighted by atomic mass is 9.91. The molecule has 1 heterocycles. The molecular formula is C10H14N2O2. The second-order valence-corrected chi connectivity index (χ2v) is 4.03. The Morgan fingerprint density at radius 3 is 2.50 bits per heavy atom. The van der Waals surface area contributed by atoms with Crippen molar-refractivity contribution >= 4 is 5.97 Å². The number of nitrogens with zero attached hydrogens (tertiary/aromatic N) is 2. The minimum atomic E-state index is -0.432. The fourth-order valence-electron chi connectivity index (χ4n) is 0.984. The molecule has 0 unspecified atom stereocenters. The van der Waals surface area contributed by atoms with Crippen LogP contribution in [0.15, 0.2) is 12.4 Å². The first-order valence-electron chi connectivity index (χ1n) is 4.36. The van der Waals surface area contributed by atoms with E-state index in [9.17, 15) is 4.79 Å². The summed E-state index contributed by atoms with van der Waals surface area (Å²) in [5.74, 6) is -0.432. The predicted molar refractivity (Wildman–Crippen MR) is 52.1 cm³/mol. The number of hydrogen-bond acceptors (Lipinski definition) is 4. The van der Waals surface area contributed by atoms with Crippen LogP contribution in [0.4, 0.5) is 0 Å². The minimum Gasteiger partial charge on any atom is -0.464 e. The molecule has 0 aliphatic rings. The molecule has 4 nitrogen and oxygen atoms in total. The Hall–Kier alpha value is -1.45. The van der Waals surface area contributed by atoms with Crippen molar-refractivity contribution in [1.82, 2.24) is 9.97 Å². The molecule has 0 saturated carbocycles. The predicted octanol–water partition coefficient (Wildman–Crippen LogP) is 1.56. The summed E-state index contributed by atoms with van der Waals surface area (Å²) in [5.41, 5.74) is 1.03. The van der Waals surface area contributed by atoms with Crippen molar-refractivity contribution in [3.05, 3.63) is 23.8 Å². The molecule has 76 valence electrons. The van der Waals surface area contributed by atoms with E-state index < -0.39 is 5.97 Å². The van der Waals surface area contributed by atoms with E-state index >= 15 is 0 Å². The number of carbonyl (C=O) groups is 1. The van der Waals surface area contributed by atoms with Gasteiger partial charge in [-0.15, -0.1) is 0 Å². The summed E-state index contributed by atoms with van der Waals surface area (Å²) in [6.07, 6.45) is 1.38. The van der Waals surface area contributed by atoms with E-state index in [4.69, 9.17) is 0 Å². The summed E-state index contributed by atoms with van der Waals surface area (Å²) >= 11 is 0. The number of ether oxygens (including phenoxy) is 1. The molecule has 0 aliphatic heterocycles. The van der Waals surface area contributed by atoms with Gasteiger partial charge in [0.15, 0.2) is 5.69 Å². The molecule has 0 fully saturated rings. The summed E-state index contributed by atoms with van der Waals surface area (Å²) in [6, 6.07) is 1.66. The van der Waals surface area contributed by atoms with Gasteiger partial charge in [0.25, 0.3) is 0 Å². The van der Waals surface area contributed by atoms with Gasteiger partial charge in [0, 0.05) is 11.1 Å². The molecule has 0 N–H and O–H groups in total. The van der Waals surface area contributed by atoms with Gasteiger partial charge in [-0.05, 0) is 6.07 Å². The second-order valence-electron chi connectivity index (χ2n) is 4.03. The zero-order valence-corrected chi connectivity index (χ0v) is 8.87. The van der Waals surface area contributed by atoms with Crippen LogP contribution in [-0.2, 0) is 10.2 Å². The van der Waals surface area contributed by atoms with E-state index in [0.717, 1.165) is 5.69 Å². The lowest BCUT2D eigenvalue weighted by Crippen LogP contribution is -2.16. The average Bonchev–Trinajstić information content (AvgIpc) is 2.15. The zero-order chi connectivity index (χ0) is 10.8. The van der Waals surface area contributed by atoms with Crippen LogP contribution >= 0.6 is 0 Å². The molecule has 0 amide bonds. The summed E-state index contributed by atoms with van der Waals surface area (Å²) < 4.78 is 4.57. The molecule has 1 aromatic heterocycles. The molecule has 0 bridgehead atoms. The van der Waals surface area contributed by atoms with Gasteiger partial charge in [-0.1, -0.05) is 20.8 Å². The van der Waals surface area contributed by atoms with Crippen LogP contribution in [-0.4, -0.2) is 23.0 Å². The van der Waals surface area contributed by atoms with Crippen molar-refractivity contribution in [3.8, 4) is 0 Å². The van der Waals surface area contributed by atoms with Crippen LogP contribution in [0, 0.1) is 0 Å². The van der Waals surface area contributed by atoms with E-state index in [-0.39, 0.29) is 5.41 Å². The molecule has 0 aliphatic carbocycles. The van der Waals surface area contributed by atoms with Gasteiger partial charge in [0.05, 0.1) is 7.11 Å². The highest BCUT2D eigenvalue weighted by Crippen LogP contribution is 2.19. The second kappa shape index (κ2) is 3.74. The first kappa shape index (κ1) is 10.6. The average molecular weight is 194 g/mol. The van der Waals surface area contributed by atoms with Crippen LogP contribution in [0.3, 0.4) is 0 Å². The molecule has 0 radical (unpaired) electrons. The van der Waals surface area contributed by atoms with Gasteiger partial charge < -0.3 is 4.74 Å². The van der Waals surface area contributed by atoms with Crippen LogP contribution in [0.25, 0.3) is 0 Å². The molecule has 1 rings (SSSR count). The summed E-state index contributed by atoms with van der Waals surface area (Å²) in [6.45, 7) is 6.07. The van der Waals surface area contributed by atoms with E-state index in [1.807, 2.05) is 20.8 Å². The lowest BCUT2D eigenvalue weighted by Gasteiger charge is -2.17. The van der Waals surface area contributed by atoms with Crippen molar-refractivity contribution in [1.29, 1.82) is 0 Å². The highest BCUT2D eigenvalue weighted by Gasteiger charge is 2.18. The third-order valence-electron chi connectivity index (χ3n) is 1.83. The summed E-state index contributed by atoms with van der Waals surface area (Å²) in [5, 5.41) is 0. The van der Waals surface area contributed by atoms with Gasteiger partial charge in [-0.2, -0.15) is 0 Å². The molecule has 0 saturated heterocycles. The van der Waals surface area contributed by atoms with E-state index in [1.54, 1.807) is 6.07 Å². The van der Waals surface area contributed by atoms with Gasteiger partial charge in [-0.3, -0.25) is 0 Å². The van der Waals surface area contributed by atoms with Crippen LogP contribution in [0.5, 0.6) is 0 Å². The highest BCUT2D eigenvalue weighted by atomic mass is 16.5. The zero-order valence-electron chi connectivity index (χ0n) is 8.87. The van der Waals surface area contributed by atoms with Crippen molar-refractivity contribution in [3.63, 3.8) is 0 Å². The Bertz CT molecular complexity index is 342. The molecule has 0 spiro atoms. The number of esters is 1. The van der Waals surface area contributed by atoms with Crippen molar-refractivity contribution in [2.75, 3.05) is 7.11 Å². The Kier molecular flexibility index (Phi) is 2.84. The fraction of sp³-hybridized carbons (Fsp3) is 0.500. The van der Waals surface area contributed by atoms with Gasteiger partial charge in [0.1, 0.15) is 6.33 Å². The third kappa shape index (κ3) is 2.28. The largest absolute Gasteiger partial charge is 0.464 e. The Labute approximate surface area is 83.3 Å². The quantitative estimate of drug-likeness (QED) is 0.636. The van der Waals surface area contributed by atoms with E-state index in [1.165, 1.54) is 13.4 Å². The van der Waals surface area contributed by atoms with Crippen LogP contribution in [0.1, 0.15) is 37.0 Å². The Balaban J connectivity index is 3.08. The van der Waals surface area contributed by atoms with Crippen molar-refractivity contribution in [2.24, 2.45) is 0 Å². The van der Waals surface area contributed by atoms with Gasteiger partial charge in [-0.25, -0.2) is 14.8 Å². The summed E-state index contributed by atoms with van der Waals surface area (Å²) in [4.78, 5) is 19.1. The number of methoxy groups -OCH3 is 1.